The summed E-state index contributed by atoms with van der Waals surface area (Å²) < 4.78 is 5.19. The van der Waals surface area contributed by atoms with E-state index >= 15 is 0 Å². The number of halogens is 2. The molecule has 1 N–H and O–H groups in total. The topological polar surface area (TPSA) is 38.3 Å². The lowest BCUT2D eigenvalue weighted by molar-refractivity contribution is 0.0949. The van der Waals surface area contributed by atoms with Crippen LogP contribution in [0, 0.1) is 0 Å². The molecule has 3 rings (SSSR count). The number of hydrogen-bond donors (Lipinski definition) is 1. The second kappa shape index (κ2) is 6.42. The third-order valence-electron chi connectivity index (χ3n) is 4.33. The summed E-state index contributed by atoms with van der Waals surface area (Å²) in [5.41, 5.74) is 1.79. The van der Waals surface area contributed by atoms with Gasteiger partial charge in [0.2, 0.25) is 0 Å². The van der Waals surface area contributed by atoms with Gasteiger partial charge < -0.3 is 10.1 Å². The lowest BCUT2D eigenvalue weighted by atomic mass is 9.95. The Morgan fingerprint density at radius 3 is 2.39 bits per heavy atom. The quantitative estimate of drug-likeness (QED) is 0.864. The second-order valence-electron chi connectivity index (χ2n) is 5.82. The van der Waals surface area contributed by atoms with Crippen molar-refractivity contribution in [1.82, 2.24) is 5.32 Å². The summed E-state index contributed by atoms with van der Waals surface area (Å²) in [6, 6.07) is 12.9. The summed E-state index contributed by atoms with van der Waals surface area (Å²) in [5.74, 6) is 0.702. The van der Waals surface area contributed by atoms with Gasteiger partial charge in [-0.3, -0.25) is 4.79 Å². The first kappa shape index (κ1) is 16.2. The van der Waals surface area contributed by atoms with E-state index in [0.29, 0.717) is 22.2 Å². The average molecular weight is 350 g/mol. The predicted molar refractivity (Wildman–Crippen MR) is 92.7 cm³/mol. The molecule has 0 heterocycles. The molecule has 23 heavy (non-hydrogen) atoms. The Balaban J connectivity index is 1.67. The lowest BCUT2D eigenvalue weighted by Gasteiger charge is -2.17. The number of methoxy groups -OCH3 is 1. The van der Waals surface area contributed by atoms with Gasteiger partial charge >= 0.3 is 0 Å². The van der Waals surface area contributed by atoms with E-state index in [9.17, 15) is 4.79 Å². The van der Waals surface area contributed by atoms with Crippen LogP contribution in [0.5, 0.6) is 5.75 Å². The van der Waals surface area contributed by atoms with Crippen molar-refractivity contribution in [2.24, 2.45) is 0 Å². The smallest absolute Gasteiger partial charge is 0.251 e. The Morgan fingerprint density at radius 1 is 1.13 bits per heavy atom. The van der Waals surface area contributed by atoms with E-state index in [2.05, 4.69) is 17.4 Å². The van der Waals surface area contributed by atoms with Gasteiger partial charge in [0.15, 0.2) is 0 Å². The molecule has 3 nitrogen and oxygen atoms in total. The van der Waals surface area contributed by atoms with Crippen LogP contribution in [0.4, 0.5) is 0 Å². The Labute approximate surface area is 145 Å². The van der Waals surface area contributed by atoms with Gasteiger partial charge in [-0.1, -0.05) is 35.3 Å². The van der Waals surface area contributed by atoms with Crippen molar-refractivity contribution in [2.45, 2.75) is 18.3 Å². The summed E-state index contributed by atoms with van der Waals surface area (Å²) in [5, 5.41) is 3.83. The van der Waals surface area contributed by atoms with Crippen LogP contribution in [0.15, 0.2) is 42.5 Å². The van der Waals surface area contributed by atoms with Gasteiger partial charge in [0.1, 0.15) is 5.75 Å². The molecule has 0 atom stereocenters. The number of carbonyl (C=O) groups excluding carboxylic acids is 1. The zero-order valence-corrected chi connectivity index (χ0v) is 14.2. The highest BCUT2D eigenvalue weighted by molar-refractivity contribution is 6.42. The molecule has 0 aromatic heterocycles. The molecular formula is C18H17Cl2NO2. The first-order chi connectivity index (χ1) is 11.0. The van der Waals surface area contributed by atoms with Gasteiger partial charge in [-0.15, -0.1) is 0 Å². The van der Waals surface area contributed by atoms with E-state index in [1.54, 1.807) is 25.3 Å². The summed E-state index contributed by atoms with van der Waals surface area (Å²) >= 11 is 11.8. The minimum atomic E-state index is -0.136. The third-order valence-corrected chi connectivity index (χ3v) is 5.06. The van der Waals surface area contributed by atoms with Gasteiger partial charge in [-0.25, -0.2) is 0 Å². The number of rotatable bonds is 5. The zero-order valence-electron chi connectivity index (χ0n) is 12.7. The van der Waals surface area contributed by atoms with E-state index in [0.717, 1.165) is 18.6 Å². The lowest BCUT2D eigenvalue weighted by Crippen LogP contribution is -2.32. The summed E-state index contributed by atoms with van der Waals surface area (Å²) in [7, 11) is 1.65. The zero-order chi connectivity index (χ0) is 16.4. The molecule has 0 spiro atoms. The molecule has 0 radical (unpaired) electrons. The Hall–Kier alpha value is -1.71. The Morgan fingerprint density at radius 2 is 1.83 bits per heavy atom. The fourth-order valence-corrected chi connectivity index (χ4v) is 2.95. The van der Waals surface area contributed by atoms with Gasteiger partial charge in [-0.2, -0.15) is 0 Å². The minimum absolute atomic E-state index is 0.0398. The molecule has 1 amide bonds. The van der Waals surface area contributed by atoms with Crippen molar-refractivity contribution in [3.05, 3.63) is 63.6 Å². The monoisotopic (exact) mass is 349 g/mol. The molecule has 0 unspecified atom stereocenters. The van der Waals surface area contributed by atoms with E-state index in [4.69, 9.17) is 27.9 Å². The van der Waals surface area contributed by atoms with Crippen LogP contribution >= 0.6 is 23.2 Å². The fourth-order valence-electron chi connectivity index (χ4n) is 2.65. The normalized spacial score (nSPS) is 15.1. The van der Waals surface area contributed by atoms with Crippen molar-refractivity contribution in [2.75, 3.05) is 13.7 Å². The van der Waals surface area contributed by atoms with Gasteiger partial charge in [-0.05, 0) is 48.7 Å². The molecule has 120 valence electrons. The SMILES string of the molecule is COc1ccc(C2(CNC(=O)c3ccc(Cl)c(Cl)c3)CC2)cc1. The predicted octanol–water partition coefficient (Wildman–Crippen LogP) is 4.46. The summed E-state index contributed by atoms with van der Waals surface area (Å²) in [4.78, 5) is 12.3. The number of nitrogens with one attached hydrogen (secondary N) is 1. The highest BCUT2D eigenvalue weighted by Gasteiger charge is 2.44. The highest BCUT2D eigenvalue weighted by atomic mass is 35.5. The molecule has 1 aliphatic carbocycles. The van der Waals surface area contributed by atoms with Crippen molar-refractivity contribution in [3.8, 4) is 5.75 Å². The van der Waals surface area contributed by atoms with Gasteiger partial charge in [0.25, 0.3) is 5.91 Å². The number of ether oxygens (including phenoxy) is 1. The van der Waals surface area contributed by atoms with Crippen molar-refractivity contribution < 1.29 is 9.53 Å². The number of amides is 1. The molecule has 2 aromatic carbocycles. The van der Waals surface area contributed by atoms with Gasteiger partial charge in [0.05, 0.1) is 17.2 Å². The molecule has 0 aliphatic heterocycles. The molecular weight excluding hydrogens is 333 g/mol. The second-order valence-corrected chi connectivity index (χ2v) is 6.63. The van der Waals surface area contributed by atoms with Gasteiger partial charge in [0, 0.05) is 17.5 Å². The average Bonchev–Trinajstić information content (AvgIpc) is 3.36. The van der Waals surface area contributed by atoms with E-state index in [1.807, 2.05) is 12.1 Å². The molecule has 5 heteroatoms. The van der Waals surface area contributed by atoms with Crippen LogP contribution in [-0.2, 0) is 5.41 Å². The van der Waals surface area contributed by atoms with Crippen molar-refractivity contribution in [1.29, 1.82) is 0 Å². The maximum atomic E-state index is 12.3. The standard InChI is InChI=1S/C18H17Cl2NO2/c1-23-14-5-3-13(4-6-14)18(8-9-18)11-21-17(22)12-2-7-15(19)16(20)10-12/h2-7,10H,8-9,11H2,1H3,(H,21,22). The maximum absolute atomic E-state index is 12.3. The van der Waals surface area contributed by atoms with E-state index < -0.39 is 0 Å². The molecule has 2 aromatic rings. The maximum Gasteiger partial charge on any atom is 0.251 e. The number of benzene rings is 2. The fraction of sp³-hybridized carbons (Fsp3) is 0.278. The molecule has 1 aliphatic rings. The summed E-state index contributed by atoms with van der Waals surface area (Å²) in [6.07, 6.45) is 2.14. The van der Waals surface area contributed by atoms with Crippen LogP contribution in [0.3, 0.4) is 0 Å². The van der Waals surface area contributed by atoms with Crippen LogP contribution in [0.1, 0.15) is 28.8 Å². The van der Waals surface area contributed by atoms with Crippen molar-refractivity contribution >= 4 is 29.1 Å². The van der Waals surface area contributed by atoms with Crippen molar-refractivity contribution in [3.63, 3.8) is 0 Å². The highest BCUT2D eigenvalue weighted by Crippen LogP contribution is 2.47. The largest absolute Gasteiger partial charge is 0.497 e. The minimum Gasteiger partial charge on any atom is -0.497 e. The molecule has 0 bridgehead atoms. The molecule has 0 saturated heterocycles. The summed E-state index contributed by atoms with van der Waals surface area (Å²) in [6.45, 7) is 0.610. The Kier molecular flexibility index (Phi) is 4.51. The molecule has 1 saturated carbocycles. The number of hydrogen-bond acceptors (Lipinski definition) is 2. The van der Waals surface area contributed by atoms with Crippen LogP contribution < -0.4 is 10.1 Å². The first-order valence-electron chi connectivity index (χ1n) is 7.42. The first-order valence-corrected chi connectivity index (χ1v) is 8.17. The van der Waals surface area contributed by atoms with Crippen LogP contribution in [0.25, 0.3) is 0 Å². The van der Waals surface area contributed by atoms with Crippen LogP contribution in [0.2, 0.25) is 10.0 Å². The third kappa shape index (κ3) is 3.46. The number of carbonyl (C=O) groups is 1. The van der Waals surface area contributed by atoms with E-state index in [-0.39, 0.29) is 11.3 Å². The van der Waals surface area contributed by atoms with E-state index in [1.165, 1.54) is 5.56 Å². The Bertz CT molecular complexity index is 724. The van der Waals surface area contributed by atoms with Crippen LogP contribution in [-0.4, -0.2) is 19.6 Å². The molecule has 1 fully saturated rings.